The summed E-state index contributed by atoms with van der Waals surface area (Å²) in [6, 6.07) is 5.77. The van der Waals surface area contributed by atoms with Crippen molar-refractivity contribution >= 4 is 10.3 Å². The zero-order chi connectivity index (χ0) is 24.5. The predicted octanol–water partition coefficient (Wildman–Crippen LogP) is 4.74. The van der Waals surface area contributed by atoms with E-state index in [-0.39, 0.29) is 0 Å². The molecule has 6 atom stereocenters. The Kier molecular flexibility index (Phi) is 7.97. The summed E-state index contributed by atoms with van der Waals surface area (Å²) < 4.78 is 33.8. The van der Waals surface area contributed by atoms with Gasteiger partial charge < -0.3 is 13.8 Å². The first-order valence-electron chi connectivity index (χ1n) is 13.3. The van der Waals surface area contributed by atoms with E-state index in [2.05, 4.69) is 38.7 Å². The smallest absolute Gasteiger partial charge is 0.380 e. The van der Waals surface area contributed by atoms with Crippen LogP contribution in [0.3, 0.4) is 0 Å². The van der Waals surface area contributed by atoms with Crippen LogP contribution in [0.4, 0.5) is 0 Å². The van der Waals surface area contributed by atoms with E-state index >= 15 is 0 Å². The van der Waals surface area contributed by atoms with Crippen molar-refractivity contribution in [3.63, 3.8) is 0 Å². The number of nitrogens with zero attached hydrogens (tertiary/aromatic N) is 1. The first-order valence-corrected chi connectivity index (χ1v) is 14.8. The summed E-state index contributed by atoms with van der Waals surface area (Å²) in [5, 5.41) is 5.08. The molecule has 0 aromatic heterocycles. The highest BCUT2D eigenvalue weighted by Gasteiger charge is 2.55. The maximum absolute atomic E-state index is 11.4. The Morgan fingerprint density at radius 2 is 1.91 bits per heavy atom. The van der Waals surface area contributed by atoms with Crippen molar-refractivity contribution in [1.82, 2.24) is 4.90 Å². The molecule has 0 bridgehead atoms. The molecule has 4 rings (SSSR count). The largest absolute Gasteiger partial charge is 0.380 e. The monoisotopic (exact) mass is 492 g/mol. The van der Waals surface area contributed by atoms with Gasteiger partial charge in [0.15, 0.2) is 0 Å². The zero-order valence-corrected chi connectivity index (χ0v) is 22.3. The van der Waals surface area contributed by atoms with Gasteiger partial charge in [0.2, 0.25) is 0 Å². The molecule has 5 unspecified atom stereocenters. The van der Waals surface area contributed by atoms with E-state index in [4.69, 9.17) is 14.1 Å². The number of hydrogen-bond acceptors (Lipinski definition) is 5. The van der Waals surface area contributed by atoms with E-state index in [1.165, 1.54) is 43.2 Å². The molecule has 1 aromatic rings. The second kappa shape index (κ2) is 10.5. The molecule has 3 aliphatic carbocycles. The van der Waals surface area contributed by atoms with Gasteiger partial charge in [0.25, 0.3) is 0 Å². The lowest BCUT2D eigenvalue weighted by Gasteiger charge is -2.53. The Morgan fingerprint density at radius 1 is 1.15 bits per heavy atom. The lowest BCUT2D eigenvalue weighted by molar-refractivity contribution is -0.00511. The Morgan fingerprint density at radius 3 is 2.62 bits per heavy atom. The van der Waals surface area contributed by atoms with Crippen molar-refractivity contribution in [3.05, 3.63) is 29.3 Å². The fourth-order valence-corrected chi connectivity index (χ4v) is 8.16. The van der Waals surface area contributed by atoms with E-state index in [1.807, 2.05) is 6.07 Å². The van der Waals surface area contributed by atoms with Gasteiger partial charge in [0, 0.05) is 13.2 Å². The Labute approximate surface area is 206 Å². The third kappa shape index (κ3) is 5.32. The Balaban J connectivity index is 1.41. The SMILES string of the molecule is CCN(CC)CCOCC[C@H]1CCC2C3C(C)Cc4cc(OS(N)(=O)=O)ccc4C3CCC21C. The first kappa shape index (κ1) is 25.9. The van der Waals surface area contributed by atoms with Gasteiger partial charge in [-0.05, 0) is 110 Å². The maximum Gasteiger partial charge on any atom is 0.380 e. The number of benzene rings is 1. The minimum atomic E-state index is -4.00. The van der Waals surface area contributed by atoms with Crippen molar-refractivity contribution in [2.75, 3.05) is 32.8 Å². The minimum Gasteiger partial charge on any atom is -0.380 e. The molecule has 1 aromatic carbocycles. The van der Waals surface area contributed by atoms with Gasteiger partial charge >= 0.3 is 10.3 Å². The van der Waals surface area contributed by atoms with Gasteiger partial charge in [-0.1, -0.05) is 33.8 Å². The normalized spacial score (nSPS) is 32.8. The molecule has 0 radical (unpaired) electrons. The van der Waals surface area contributed by atoms with Crippen LogP contribution < -0.4 is 9.32 Å². The van der Waals surface area contributed by atoms with E-state index < -0.39 is 10.3 Å². The van der Waals surface area contributed by atoms with Crippen molar-refractivity contribution in [2.24, 2.45) is 34.2 Å². The standard InChI is InChI=1S/C27H44N2O4S/c1-5-29(6-2)14-16-32-15-12-21-7-10-25-26-19(3)17-20-18-22(33-34(28,30)31)8-9-23(20)24(26)11-13-27(21,25)4/h8-9,18-19,21,24-26H,5-7,10-17H2,1-4H3,(H2,28,30,31)/t19?,21-,24?,25?,26?,27?/m1/s1. The number of likely N-dealkylation sites (N-methyl/N-ethyl adjacent to an activating group) is 1. The van der Waals surface area contributed by atoms with Crippen LogP contribution in [-0.4, -0.2) is 46.2 Å². The lowest BCUT2D eigenvalue weighted by atomic mass is 9.51. The van der Waals surface area contributed by atoms with Crippen LogP contribution in [0, 0.1) is 29.1 Å². The quantitative estimate of drug-likeness (QED) is 0.477. The molecular weight excluding hydrogens is 448 g/mol. The molecule has 3 aliphatic rings. The number of fused-ring (bicyclic) bond motifs is 5. The van der Waals surface area contributed by atoms with Crippen molar-refractivity contribution in [3.8, 4) is 5.75 Å². The highest BCUT2D eigenvalue weighted by atomic mass is 32.2. The molecule has 2 N–H and O–H groups in total. The minimum absolute atomic E-state index is 0.328. The fraction of sp³-hybridized carbons (Fsp3) is 0.778. The molecule has 2 fully saturated rings. The molecule has 34 heavy (non-hydrogen) atoms. The van der Waals surface area contributed by atoms with Crippen molar-refractivity contribution in [2.45, 2.75) is 72.1 Å². The number of nitrogens with two attached hydrogens (primary N) is 1. The zero-order valence-electron chi connectivity index (χ0n) is 21.5. The molecule has 0 saturated heterocycles. The molecular formula is C27H44N2O4S. The third-order valence-corrected chi connectivity index (χ3v) is 9.94. The predicted molar refractivity (Wildman–Crippen MR) is 136 cm³/mol. The summed E-state index contributed by atoms with van der Waals surface area (Å²) in [6.07, 6.45) is 7.29. The van der Waals surface area contributed by atoms with Crippen molar-refractivity contribution in [1.29, 1.82) is 0 Å². The summed E-state index contributed by atoms with van der Waals surface area (Å²) in [4.78, 5) is 2.42. The summed E-state index contributed by atoms with van der Waals surface area (Å²) in [7, 11) is -4.00. The van der Waals surface area contributed by atoms with Gasteiger partial charge in [0.1, 0.15) is 5.75 Å². The van der Waals surface area contributed by atoms with Gasteiger partial charge in [-0.2, -0.15) is 13.6 Å². The van der Waals surface area contributed by atoms with E-state index in [1.54, 1.807) is 6.07 Å². The van der Waals surface area contributed by atoms with Crippen LogP contribution in [-0.2, 0) is 21.5 Å². The first-order chi connectivity index (χ1) is 16.2. The molecule has 0 spiro atoms. The summed E-state index contributed by atoms with van der Waals surface area (Å²) in [5.74, 6) is 3.68. The van der Waals surface area contributed by atoms with Crippen LogP contribution in [0.5, 0.6) is 5.75 Å². The van der Waals surface area contributed by atoms with Crippen LogP contribution in [0.2, 0.25) is 0 Å². The van der Waals surface area contributed by atoms with Crippen molar-refractivity contribution < 1.29 is 17.3 Å². The topological polar surface area (TPSA) is 81.9 Å². The van der Waals surface area contributed by atoms with Crippen LogP contribution in [0.1, 0.15) is 76.8 Å². The molecule has 6 nitrogen and oxygen atoms in total. The van der Waals surface area contributed by atoms with Crippen LogP contribution >= 0.6 is 0 Å². The molecule has 7 heteroatoms. The summed E-state index contributed by atoms with van der Waals surface area (Å²) >= 11 is 0. The van der Waals surface area contributed by atoms with Crippen LogP contribution in [0.25, 0.3) is 0 Å². The third-order valence-electron chi connectivity index (χ3n) is 9.51. The van der Waals surface area contributed by atoms with Gasteiger partial charge in [-0.15, -0.1) is 0 Å². The average Bonchev–Trinajstić information content (AvgIpc) is 3.11. The van der Waals surface area contributed by atoms with E-state index in [9.17, 15) is 8.42 Å². The lowest BCUT2D eigenvalue weighted by Crippen LogP contribution is -2.45. The number of ether oxygens (including phenoxy) is 1. The number of rotatable bonds is 10. The molecule has 0 aliphatic heterocycles. The Bertz CT molecular complexity index is 948. The van der Waals surface area contributed by atoms with Crippen LogP contribution in [0.15, 0.2) is 18.2 Å². The highest BCUT2D eigenvalue weighted by molar-refractivity contribution is 7.84. The molecule has 0 amide bonds. The second-order valence-corrected chi connectivity index (χ2v) is 12.3. The molecule has 0 heterocycles. The Hall–Kier alpha value is -1.15. The van der Waals surface area contributed by atoms with E-state index in [0.29, 0.717) is 28.9 Å². The van der Waals surface area contributed by atoms with E-state index in [0.717, 1.165) is 51.1 Å². The fourth-order valence-electron chi connectivity index (χ4n) is 7.78. The summed E-state index contributed by atoms with van der Waals surface area (Å²) in [6.45, 7) is 14.3. The second-order valence-electron chi connectivity index (χ2n) is 11.2. The van der Waals surface area contributed by atoms with Gasteiger partial charge in [0.05, 0.1) is 6.61 Å². The summed E-state index contributed by atoms with van der Waals surface area (Å²) in [5.41, 5.74) is 3.04. The highest BCUT2D eigenvalue weighted by Crippen LogP contribution is 2.64. The number of hydrogen-bond donors (Lipinski definition) is 1. The maximum atomic E-state index is 11.4. The van der Waals surface area contributed by atoms with Gasteiger partial charge in [-0.3, -0.25) is 0 Å². The molecule has 2 saturated carbocycles. The average molecular weight is 493 g/mol. The molecule has 192 valence electrons. The van der Waals surface area contributed by atoms with Gasteiger partial charge in [-0.25, -0.2) is 0 Å².